The quantitative estimate of drug-likeness (QED) is 0.772. The molecule has 1 saturated heterocycles. The normalized spacial score (nSPS) is 15.9. The van der Waals surface area contributed by atoms with Crippen molar-refractivity contribution < 1.29 is 17.9 Å². The predicted octanol–water partition coefficient (Wildman–Crippen LogP) is 3.11. The first-order valence-electron chi connectivity index (χ1n) is 9.41. The average molecular weight is 403 g/mol. The van der Waals surface area contributed by atoms with Crippen LogP contribution < -0.4 is 10.1 Å². The van der Waals surface area contributed by atoms with Crippen molar-refractivity contribution in [2.24, 2.45) is 0 Å². The standard InChI is InChI=1S/C21H26N2O4S/c1-16(19-7-3-4-8-20(19)27-2)22-21(24)18-11-9-17(10-12-18)15-28(25,26)23-13-5-6-14-23/h3-4,7-12,16H,5-6,13-15H2,1-2H3,(H,22,24)/t16-/m0/s1. The molecule has 0 radical (unpaired) electrons. The van der Waals surface area contributed by atoms with Crippen molar-refractivity contribution in [3.05, 3.63) is 65.2 Å². The summed E-state index contributed by atoms with van der Waals surface area (Å²) < 4.78 is 31.7. The summed E-state index contributed by atoms with van der Waals surface area (Å²) in [5.41, 5.74) is 2.07. The highest BCUT2D eigenvalue weighted by Gasteiger charge is 2.25. The Bertz CT molecular complexity index is 920. The molecule has 150 valence electrons. The molecule has 1 N–H and O–H groups in total. The lowest BCUT2D eigenvalue weighted by atomic mass is 10.1. The molecule has 1 atom stereocenters. The van der Waals surface area contributed by atoms with E-state index >= 15 is 0 Å². The minimum Gasteiger partial charge on any atom is -0.496 e. The van der Waals surface area contributed by atoms with Gasteiger partial charge in [-0.3, -0.25) is 4.79 Å². The Morgan fingerprint density at radius 3 is 2.39 bits per heavy atom. The fourth-order valence-corrected chi connectivity index (χ4v) is 5.01. The predicted molar refractivity (Wildman–Crippen MR) is 109 cm³/mol. The summed E-state index contributed by atoms with van der Waals surface area (Å²) in [6.45, 7) is 3.10. The van der Waals surface area contributed by atoms with E-state index in [2.05, 4.69) is 5.32 Å². The Kier molecular flexibility index (Phi) is 6.36. The number of amides is 1. The summed E-state index contributed by atoms with van der Waals surface area (Å²) in [5, 5.41) is 2.95. The minimum absolute atomic E-state index is 0.0352. The van der Waals surface area contributed by atoms with E-state index in [1.54, 1.807) is 35.7 Å². The molecule has 0 unspecified atom stereocenters. The van der Waals surface area contributed by atoms with Gasteiger partial charge in [0.25, 0.3) is 5.91 Å². The van der Waals surface area contributed by atoms with Crippen molar-refractivity contribution in [3.63, 3.8) is 0 Å². The monoisotopic (exact) mass is 402 g/mol. The number of hydrogen-bond donors (Lipinski definition) is 1. The largest absolute Gasteiger partial charge is 0.496 e. The minimum atomic E-state index is -3.29. The average Bonchev–Trinajstić information content (AvgIpc) is 3.24. The topological polar surface area (TPSA) is 75.7 Å². The molecular formula is C21H26N2O4S. The molecule has 1 amide bonds. The maximum absolute atomic E-state index is 12.6. The van der Waals surface area contributed by atoms with E-state index in [4.69, 9.17) is 4.74 Å². The summed E-state index contributed by atoms with van der Waals surface area (Å²) in [7, 11) is -1.69. The van der Waals surface area contributed by atoms with E-state index < -0.39 is 10.0 Å². The van der Waals surface area contributed by atoms with E-state index in [0.717, 1.165) is 24.2 Å². The number of rotatable bonds is 7. The van der Waals surface area contributed by atoms with E-state index in [0.29, 0.717) is 24.2 Å². The second-order valence-electron chi connectivity index (χ2n) is 7.00. The third-order valence-electron chi connectivity index (χ3n) is 4.98. The van der Waals surface area contributed by atoms with Crippen LogP contribution >= 0.6 is 0 Å². The number of ether oxygens (including phenoxy) is 1. The molecule has 0 saturated carbocycles. The highest BCUT2D eigenvalue weighted by Crippen LogP contribution is 2.24. The van der Waals surface area contributed by atoms with E-state index in [1.807, 2.05) is 31.2 Å². The van der Waals surface area contributed by atoms with E-state index in [-0.39, 0.29) is 17.7 Å². The van der Waals surface area contributed by atoms with Crippen molar-refractivity contribution in [1.82, 2.24) is 9.62 Å². The molecule has 3 rings (SSSR count). The van der Waals surface area contributed by atoms with Gasteiger partial charge < -0.3 is 10.1 Å². The van der Waals surface area contributed by atoms with Gasteiger partial charge in [-0.25, -0.2) is 12.7 Å². The lowest BCUT2D eigenvalue weighted by Gasteiger charge is -2.17. The highest BCUT2D eigenvalue weighted by atomic mass is 32.2. The Labute approximate surface area is 166 Å². The van der Waals surface area contributed by atoms with Gasteiger partial charge in [0.15, 0.2) is 0 Å². The molecule has 2 aromatic carbocycles. The van der Waals surface area contributed by atoms with E-state index in [9.17, 15) is 13.2 Å². The SMILES string of the molecule is COc1ccccc1[C@H](C)NC(=O)c1ccc(CS(=O)(=O)N2CCCC2)cc1. The molecule has 1 aliphatic rings. The number of carbonyl (C=O) groups is 1. The van der Waals surface area contributed by atoms with Gasteiger partial charge in [0.2, 0.25) is 10.0 Å². The first kappa shape index (κ1) is 20.4. The van der Waals surface area contributed by atoms with Gasteiger partial charge in [-0.05, 0) is 43.5 Å². The lowest BCUT2D eigenvalue weighted by Crippen LogP contribution is -2.29. The van der Waals surface area contributed by atoms with Crippen molar-refractivity contribution in [2.75, 3.05) is 20.2 Å². The van der Waals surface area contributed by atoms with Crippen LogP contribution in [0, 0.1) is 0 Å². The molecule has 2 aromatic rings. The van der Waals surface area contributed by atoms with Crippen LogP contribution in [0.4, 0.5) is 0 Å². The van der Waals surface area contributed by atoms with Crippen molar-refractivity contribution in [3.8, 4) is 5.75 Å². The van der Waals surface area contributed by atoms with Crippen molar-refractivity contribution in [1.29, 1.82) is 0 Å². The van der Waals surface area contributed by atoms with Crippen molar-refractivity contribution in [2.45, 2.75) is 31.6 Å². The maximum Gasteiger partial charge on any atom is 0.251 e. The number of para-hydroxylation sites is 1. The van der Waals surface area contributed by atoms with Crippen LogP contribution in [0.15, 0.2) is 48.5 Å². The Morgan fingerprint density at radius 2 is 1.75 bits per heavy atom. The second kappa shape index (κ2) is 8.75. The second-order valence-corrected chi connectivity index (χ2v) is 8.97. The number of nitrogens with one attached hydrogen (secondary N) is 1. The van der Waals surface area contributed by atoms with Crippen LogP contribution in [0.3, 0.4) is 0 Å². The number of methoxy groups -OCH3 is 1. The smallest absolute Gasteiger partial charge is 0.251 e. The van der Waals surface area contributed by atoms with Crippen LogP contribution in [0.2, 0.25) is 0 Å². The molecular weight excluding hydrogens is 376 g/mol. The molecule has 1 fully saturated rings. The van der Waals surface area contributed by atoms with Crippen LogP contribution in [0.1, 0.15) is 47.3 Å². The zero-order valence-corrected chi connectivity index (χ0v) is 17.0. The zero-order valence-electron chi connectivity index (χ0n) is 16.2. The zero-order chi connectivity index (χ0) is 20.1. The lowest BCUT2D eigenvalue weighted by molar-refractivity contribution is 0.0939. The van der Waals surface area contributed by atoms with Gasteiger partial charge in [0.1, 0.15) is 5.75 Å². The van der Waals surface area contributed by atoms with Gasteiger partial charge in [-0.2, -0.15) is 0 Å². The number of benzene rings is 2. The van der Waals surface area contributed by atoms with Gasteiger partial charge >= 0.3 is 0 Å². The van der Waals surface area contributed by atoms with Gasteiger partial charge in [-0.1, -0.05) is 30.3 Å². The Morgan fingerprint density at radius 1 is 1.11 bits per heavy atom. The molecule has 7 heteroatoms. The fraction of sp³-hybridized carbons (Fsp3) is 0.381. The molecule has 0 bridgehead atoms. The molecule has 0 aromatic heterocycles. The van der Waals surface area contributed by atoms with Gasteiger partial charge in [0.05, 0.1) is 18.9 Å². The number of hydrogen-bond acceptors (Lipinski definition) is 4. The molecule has 0 aliphatic carbocycles. The molecule has 0 spiro atoms. The Hall–Kier alpha value is -2.38. The van der Waals surface area contributed by atoms with Gasteiger partial charge in [0, 0.05) is 24.2 Å². The van der Waals surface area contributed by atoms with Crippen LogP contribution in [-0.4, -0.2) is 38.8 Å². The Balaban J connectivity index is 1.65. The summed E-state index contributed by atoms with van der Waals surface area (Å²) in [5.74, 6) is 0.470. The van der Waals surface area contributed by atoms with Crippen LogP contribution in [0.5, 0.6) is 5.75 Å². The number of sulfonamides is 1. The molecule has 6 nitrogen and oxygen atoms in total. The maximum atomic E-state index is 12.6. The fourth-order valence-electron chi connectivity index (χ4n) is 3.40. The van der Waals surface area contributed by atoms with E-state index in [1.165, 1.54) is 0 Å². The molecule has 28 heavy (non-hydrogen) atoms. The molecule has 1 heterocycles. The number of carbonyl (C=O) groups excluding carboxylic acids is 1. The first-order chi connectivity index (χ1) is 13.4. The van der Waals surface area contributed by atoms with Gasteiger partial charge in [-0.15, -0.1) is 0 Å². The summed E-state index contributed by atoms with van der Waals surface area (Å²) >= 11 is 0. The summed E-state index contributed by atoms with van der Waals surface area (Å²) in [6, 6.07) is 14.1. The third-order valence-corrected chi connectivity index (χ3v) is 6.83. The summed E-state index contributed by atoms with van der Waals surface area (Å²) in [6.07, 6.45) is 1.84. The number of nitrogens with zero attached hydrogens (tertiary/aromatic N) is 1. The van der Waals surface area contributed by atoms with Crippen molar-refractivity contribution >= 4 is 15.9 Å². The third kappa shape index (κ3) is 4.72. The highest BCUT2D eigenvalue weighted by molar-refractivity contribution is 7.88. The van der Waals surface area contributed by atoms with Crippen LogP contribution in [0.25, 0.3) is 0 Å². The molecule has 1 aliphatic heterocycles. The summed E-state index contributed by atoms with van der Waals surface area (Å²) in [4.78, 5) is 12.6. The first-order valence-corrected chi connectivity index (χ1v) is 11.0. The van der Waals surface area contributed by atoms with Crippen LogP contribution in [-0.2, 0) is 15.8 Å².